The summed E-state index contributed by atoms with van der Waals surface area (Å²) in [4.78, 5) is 4.48. The molecule has 2 N–H and O–H groups in total. The van der Waals surface area contributed by atoms with Gasteiger partial charge in [0.1, 0.15) is 6.10 Å². The molecular formula is C16H27NO4. The van der Waals surface area contributed by atoms with Crippen LogP contribution in [0.1, 0.15) is 57.8 Å². The summed E-state index contributed by atoms with van der Waals surface area (Å²) in [7, 11) is 0. The maximum absolute atomic E-state index is 9.65. The van der Waals surface area contributed by atoms with Gasteiger partial charge in [0.05, 0.1) is 24.9 Å². The van der Waals surface area contributed by atoms with E-state index in [1.54, 1.807) is 0 Å². The second-order valence-corrected chi connectivity index (χ2v) is 6.75. The van der Waals surface area contributed by atoms with Crippen molar-refractivity contribution in [1.82, 2.24) is 0 Å². The lowest BCUT2D eigenvalue weighted by molar-refractivity contribution is 0.0350. The van der Waals surface area contributed by atoms with Crippen LogP contribution >= 0.6 is 0 Å². The lowest BCUT2D eigenvalue weighted by Crippen LogP contribution is -2.33. The van der Waals surface area contributed by atoms with Crippen molar-refractivity contribution in [3.63, 3.8) is 0 Å². The summed E-state index contributed by atoms with van der Waals surface area (Å²) in [5.41, 5.74) is 0. The van der Waals surface area contributed by atoms with Gasteiger partial charge in [-0.1, -0.05) is 12.8 Å². The van der Waals surface area contributed by atoms with E-state index in [4.69, 9.17) is 9.47 Å². The fourth-order valence-electron chi connectivity index (χ4n) is 3.69. The first-order valence-corrected chi connectivity index (χ1v) is 8.44. The summed E-state index contributed by atoms with van der Waals surface area (Å²) in [5, 5.41) is 19.3. The number of aliphatic imine (C=N–C) groups is 1. The van der Waals surface area contributed by atoms with Gasteiger partial charge >= 0.3 is 6.08 Å². The van der Waals surface area contributed by atoms with Crippen LogP contribution in [0.4, 0.5) is 0 Å². The maximum Gasteiger partial charge on any atom is 0.384 e. The molecule has 5 heteroatoms. The highest BCUT2D eigenvalue weighted by Gasteiger charge is 2.37. The summed E-state index contributed by atoms with van der Waals surface area (Å²) in [5.74, 6) is 0.647. The third-order valence-electron chi connectivity index (χ3n) is 5.06. The molecule has 5 unspecified atom stereocenters. The van der Waals surface area contributed by atoms with Gasteiger partial charge in [-0.15, -0.1) is 0 Å². The Balaban J connectivity index is 1.38. The Labute approximate surface area is 126 Å². The van der Waals surface area contributed by atoms with Gasteiger partial charge in [-0.3, -0.25) is 0 Å². The molecule has 3 aliphatic rings. The molecule has 1 aliphatic heterocycles. The van der Waals surface area contributed by atoms with Crippen LogP contribution in [0.5, 0.6) is 0 Å². The molecule has 2 fully saturated rings. The smallest absolute Gasteiger partial charge is 0.384 e. The number of aliphatic hydroxyl groups excluding tert-OH is 2. The van der Waals surface area contributed by atoms with Crippen molar-refractivity contribution in [3.8, 4) is 0 Å². The van der Waals surface area contributed by atoms with E-state index in [-0.39, 0.29) is 24.4 Å². The zero-order chi connectivity index (χ0) is 14.7. The van der Waals surface area contributed by atoms with Crippen LogP contribution in [-0.2, 0) is 9.47 Å². The van der Waals surface area contributed by atoms with E-state index in [1.165, 1.54) is 6.42 Å². The zero-order valence-electron chi connectivity index (χ0n) is 12.6. The third-order valence-corrected chi connectivity index (χ3v) is 5.06. The summed E-state index contributed by atoms with van der Waals surface area (Å²) >= 11 is 0. The van der Waals surface area contributed by atoms with Crippen LogP contribution in [0.3, 0.4) is 0 Å². The molecule has 1 heterocycles. The molecule has 0 amide bonds. The van der Waals surface area contributed by atoms with E-state index in [9.17, 15) is 10.2 Å². The van der Waals surface area contributed by atoms with Gasteiger partial charge in [0.25, 0.3) is 0 Å². The van der Waals surface area contributed by atoms with Gasteiger partial charge in [-0.25, -0.2) is 4.99 Å². The van der Waals surface area contributed by atoms with Crippen molar-refractivity contribution in [1.29, 1.82) is 0 Å². The van der Waals surface area contributed by atoms with Gasteiger partial charge in [-0.2, -0.15) is 0 Å². The lowest BCUT2D eigenvalue weighted by Gasteiger charge is -2.25. The fraction of sp³-hybridized carbons (Fsp3) is 0.938. The highest BCUT2D eigenvalue weighted by Crippen LogP contribution is 2.30. The number of aliphatic hydroxyl groups is 2. The van der Waals surface area contributed by atoms with Crippen LogP contribution < -0.4 is 0 Å². The van der Waals surface area contributed by atoms with Crippen molar-refractivity contribution in [2.24, 2.45) is 10.9 Å². The zero-order valence-corrected chi connectivity index (χ0v) is 12.6. The number of hydrogen-bond donors (Lipinski definition) is 2. The monoisotopic (exact) mass is 297 g/mol. The molecular weight excluding hydrogens is 270 g/mol. The summed E-state index contributed by atoms with van der Waals surface area (Å²) in [6.45, 7) is 0.640. The molecule has 120 valence electrons. The van der Waals surface area contributed by atoms with Gasteiger partial charge < -0.3 is 19.7 Å². The fourth-order valence-corrected chi connectivity index (χ4v) is 3.69. The Morgan fingerprint density at radius 2 is 1.90 bits per heavy atom. The Kier molecular flexibility index (Phi) is 5.01. The second-order valence-electron chi connectivity index (χ2n) is 6.75. The minimum absolute atomic E-state index is 0.0109. The summed E-state index contributed by atoms with van der Waals surface area (Å²) in [6, 6.07) is 0.177. The normalized spacial score (nSPS) is 39.9. The lowest BCUT2D eigenvalue weighted by atomic mass is 9.91. The first kappa shape index (κ1) is 15.1. The van der Waals surface area contributed by atoms with Gasteiger partial charge in [0.2, 0.25) is 0 Å². The third kappa shape index (κ3) is 4.10. The molecule has 0 aromatic carbocycles. The highest BCUT2D eigenvalue weighted by atomic mass is 16.7. The molecule has 3 rings (SSSR count). The number of hydrogen-bond acceptors (Lipinski definition) is 5. The van der Waals surface area contributed by atoms with Gasteiger partial charge in [0, 0.05) is 6.42 Å². The van der Waals surface area contributed by atoms with Crippen LogP contribution in [0.2, 0.25) is 0 Å². The van der Waals surface area contributed by atoms with Crippen molar-refractivity contribution in [2.75, 3.05) is 6.61 Å². The minimum Gasteiger partial charge on any atom is -0.451 e. The molecule has 0 aromatic rings. The molecule has 0 saturated heterocycles. The Bertz CT molecular complexity index is 373. The van der Waals surface area contributed by atoms with Crippen LogP contribution in [0.25, 0.3) is 0 Å². The number of rotatable bonds is 3. The largest absolute Gasteiger partial charge is 0.451 e. The molecule has 0 radical (unpaired) electrons. The average Bonchev–Trinajstić information content (AvgIpc) is 2.74. The SMILES string of the molecule is OC1CCCC(CCOC2=NC3CCC(O)CC3O2)CC1. The van der Waals surface area contributed by atoms with Crippen molar-refractivity contribution in [3.05, 3.63) is 0 Å². The van der Waals surface area contributed by atoms with Crippen LogP contribution in [0.15, 0.2) is 4.99 Å². The van der Waals surface area contributed by atoms with E-state index in [0.717, 1.165) is 44.9 Å². The Morgan fingerprint density at radius 3 is 2.81 bits per heavy atom. The Hall–Kier alpha value is -0.810. The first-order valence-electron chi connectivity index (χ1n) is 8.44. The average molecular weight is 297 g/mol. The van der Waals surface area contributed by atoms with Crippen molar-refractivity contribution >= 4 is 6.08 Å². The Morgan fingerprint density at radius 1 is 1.05 bits per heavy atom. The standard InChI is InChI=1S/C16H27NO4/c18-12-3-1-2-11(4-5-12)8-9-20-16-17-14-7-6-13(19)10-15(14)21-16/h11-15,18-19H,1-10H2. The molecule has 2 saturated carbocycles. The van der Waals surface area contributed by atoms with Crippen LogP contribution in [0, 0.1) is 5.92 Å². The molecule has 5 atom stereocenters. The summed E-state index contributed by atoms with van der Waals surface area (Å²) in [6.07, 6.45) is 8.71. The maximum atomic E-state index is 9.65. The van der Waals surface area contributed by atoms with Gasteiger partial charge in [0.15, 0.2) is 0 Å². The van der Waals surface area contributed by atoms with E-state index in [0.29, 0.717) is 25.0 Å². The predicted molar refractivity (Wildman–Crippen MR) is 79.1 cm³/mol. The molecule has 21 heavy (non-hydrogen) atoms. The minimum atomic E-state index is -0.252. The highest BCUT2D eigenvalue weighted by molar-refractivity contribution is 5.69. The molecule has 5 nitrogen and oxygen atoms in total. The van der Waals surface area contributed by atoms with Crippen molar-refractivity contribution < 1.29 is 19.7 Å². The number of fused-ring (bicyclic) bond motifs is 1. The van der Waals surface area contributed by atoms with Gasteiger partial charge in [-0.05, 0) is 44.4 Å². The summed E-state index contributed by atoms with van der Waals surface area (Å²) < 4.78 is 11.4. The molecule has 2 aliphatic carbocycles. The topological polar surface area (TPSA) is 71.3 Å². The van der Waals surface area contributed by atoms with E-state index >= 15 is 0 Å². The van der Waals surface area contributed by atoms with E-state index in [2.05, 4.69) is 4.99 Å². The second kappa shape index (κ2) is 6.97. The van der Waals surface area contributed by atoms with E-state index < -0.39 is 0 Å². The molecule has 0 spiro atoms. The predicted octanol–water partition coefficient (Wildman–Crippen LogP) is 2.00. The van der Waals surface area contributed by atoms with Crippen molar-refractivity contribution in [2.45, 2.75) is 82.1 Å². The number of nitrogens with zero attached hydrogens (tertiary/aromatic N) is 1. The quantitative estimate of drug-likeness (QED) is 0.782. The first-order chi connectivity index (χ1) is 10.2. The van der Waals surface area contributed by atoms with E-state index in [1.807, 2.05) is 0 Å². The van der Waals surface area contributed by atoms with Crippen LogP contribution in [-0.4, -0.2) is 47.3 Å². The number of ether oxygens (including phenoxy) is 2. The molecule has 0 bridgehead atoms. The molecule has 0 aromatic heterocycles.